The first-order chi connectivity index (χ1) is 15.3. The number of aryl methyl sites for hydroxylation is 1. The highest BCUT2D eigenvalue weighted by Gasteiger charge is 2.29. The first-order valence-corrected chi connectivity index (χ1v) is 10.9. The lowest BCUT2D eigenvalue weighted by Gasteiger charge is -2.16. The van der Waals surface area contributed by atoms with Gasteiger partial charge in [0.1, 0.15) is 0 Å². The minimum absolute atomic E-state index is 0.0147. The Bertz CT molecular complexity index is 1200. The van der Waals surface area contributed by atoms with Crippen molar-refractivity contribution in [3.05, 3.63) is 63.5 Å². The van der Waals surface area contributed by atoms with Crippen LogP contribution in [0.3, 0.4) is 0 Å². The summed E-state index contributed by atoms with van der Waals surface area (Å²) in [5.41, 5.74) is 3.05. The Balaban J connectivity index is 1.51. The molecule has 1 saturated heterocycles. The van der Waals surface area contributed by atoms with E-state index in [0.29, 0.717) is 42.0 Å². The summed E-state index contributed by atoms with van der Waals surface area (Å²) < 4.78 is 1.45. The summed E-state index contributed by atoms with van der Waals surface area (Å²) in [5.74, 6) is 0.00236. The highest BCUT2D eigenvalue weighted by Crippen LogP contribution is 2.27. The molecule has 2 amide bonds. The molecule has 0 aliphatic carbocycles. The molecule has 9 nitrogen and oxygen atoms in total. The summed E-state index contributed by atoms with van der Waals surface area (Å²) in [4.78, 5) is 48.1. The summed E-state index contributed by atoms with van der Waals surface area (Å²) in [6, 6.07) is 5.38. The molecular formula is C23H28N6O3. The number of rotatable bonds is 6. The van der Waals surface area contributed by atoms with Crippen LogP contribution in [0.5, 0.6) is 0 Å². The van der Waals surface area contributed by atoms with Crippen LogP contribution in [0, 0.1) is 6.92 Å². The average Bonchev–Trinajstić information content (AvgIpc) is 3.40. The first kappa shape index (κ1) is 21.7. The maximum atomic E-state index is 13.1. The minimum atomic E-state index is -0.182. The van der Waals surface area contributed by atoms with Gasteiger partial charge < -0.3 is 10.2 Å². The molecule has 1 atom stereocenters. The molecule has 0 radical (unpaired) electrons. The highest BCUT2D eigenvalue weighted by atomic mass is 16.2. The van der Waals surface area contributed by atoms with E-state index in [9.17, 15) is 14.4 Å². The summed E-state index contributed by atoms with van der Waals surface area (Å²) in [6.45, 7) is 6.83. The fourth-order valence-electron chi connectivity index (χ4n) is 4.19. The molecule has 0 saturated carbocycles. The van der Waals surface area contributed by atoms with E-state index in [2.05, 4.69) is 20.4 Å². The lowest BCUT2D eigenvalue weighted by atomic mass is 10.1. The summed E-state index contributed by atoms with van der Waals surface area (Å²) in [6.07, 6.45) is 4.61. The second-order valence-corrected chi connectivity index (χ2v) is 8.58. The number of hydrogen-bond donors (Lipinski definition) is 2. The number of likely N-dealkylation sites (tertiary alicyclic amines) is 1. The van der Waals surface area contributed by atoms with E-state index in [1.165, 1.54) is 4.52 Å². The molecule has 0 aromatic carbocycles. The number of aromatic nitrogens is 4. The maximum Gasteiger partial charge on any atom is 0.276 e. The van der Waals surface area contributed by atoms with Crippen molar-refractivity contribution in [3.8, 4) is 0 Å². The highest BCUT2D eigenvalue weighted by molar-refractivity contribution is 5.94. The molecular weight excluding hydrogens is 408 g/mol. The van der Waals surface area contributed by atoms with Crippen molar-refractivity contribution in [1.82, 2.24) is 29.8 Å². The Morgan fingerprint density at radius 3 is 2.75 bits per heavy atom. The Morgan fingerprint density at radius 1 is 1.28 bits per heavy atom. The molecule has 0 bridgehead atoms. The topological polar surface area (TPSA) is 112 Å². The van der Waals surface area contributed by atoms with Crippen LogP contribution in [-0.2, 0) is 11.2 Å². The van der Waals surface area contributed by atoms with Crippen LogP contribution in [0.25, 0.3) is 5.65 Å². The van der Waals surface area contributed by atoms with Crippen molar-refractivity contribution in [3.63, 3.8) is 0 Å². The molecule has 3 aromatic heterocycles. The Hall–Kier alpha value is -3.49. The fraction of sp³-hybridized carbons (Fsp3) is 0.435. The van der Waals surface area contributed by atoms with Gasteiger partial charge in [0.15, 0.2) is 5.65 Å². The Labute approximate surface area is 185 Å². The number of amides is 2. The Kier molecular flexibility index (Phi) is 6.07. The van der Waals surface area contributed by atoms with Crippen LogP contribution in [0.15, 0.2) is 35.4 Å². The molecule has 1 aliphatic rings. The number of fused-ring (bicyclic) bond motifs is 1. The first-order valence-electron chi connectivity index (χ1n) is 10.9. The molecule has 1 unspecified atom stereocenters. The van der Waals surface area contributed by atoms with Crippen molar-refractivity contribution in [2.75, 3.05) is 13.1 Å². The lowest BCUT2D eigenvalue weighted by Crippen LogP contribution is -2.31. The third kappa shape index (κ3) is 4.42. The molecule has 2 N–H and O–H groups in total. The standard InChI is InChI=1S/C23H28N6O3/c1-14(2)25-21(30)5-4-18-15(3)26-20-12-19(27-29(20)23(18)32)17-8-11-28(13-17)22(31)16-6-9-24-10-7-16/h6-7,9-10,12,14,17,27H,4-5,8,11,13H2,1-3H3,(H,25,30). The molecule has 3 aromatic rings. The van der Waals surface area contributed by atoms with Gasteiger partial charge in [0.2, 0.25) is 5.91 Å². The third-order valence-electron chi connectivity index (χ3n) is 5.83. The molecule has 1 fully saturated rings. The van der Waals surface area contributed by atoms with E-state index in [-0.39, 0.29) is 35.8 Å². The van der Waals surface area contributed by atoms with E-state index >= 15 is 0 Å². The van der Waals surface area contributed by atoms with Gasteiger partial charge in [0.25, 0.3) is 11.5 Å². The zero-order chi connectivity index (χ0) is 22.8. The molecule has 4 heterocycles. The zero-order valence-electron chi connectivity index (χ0n) is 18.6. The minimum Gasteiger partial charge on any atom is -0.354 e. The number of carbonyl (C=O) groups is 2. The van der Waals surface area contributed by atoms with E-state index in [1.54, 1.807) is 31.5 Å². The van der Waals surface area contributed by atoms with Gasteiger partial charge in [0, 0.05) is 72.4 Å². The lowest BCUT2D eigenvalue weighted by molar-refractivity contribution is -0.121. The number of H-pyrrole nitrogens is 1. The van der Waals surface area contributed by atoms with Gasteiger partial charge in [-0.25, -0.2) is 9.50 Å². The van der Waals surface area contributed by atoms with E-state index in [1.807, 2.05) is 24.8 Å². The van der Waals surface area contributed by atoms with Gasteiger partial charge in [-0.3, -0.25) is 24.5 Å². The fourth-order valence-corrected chi connectivity index (χ4v) is 4.19. The maximum absolute atomic E-state index is 13.1. The monoisotopic (exact) mass is 436 g/mol. The second kappa shape index (κ2) is 8.94. The largest absolute Gasteiger partial charge is 0.354 e. The van der Waals surface area contributed by atoms with Crippen LogP contribution in [0.1, 0.15) is 59.9 Å². The van der Waals surface area contributed by atoms with Gasteiger partial charge in [0.05, 0.1) is 0 Å². The zero-order valence-corrected chi connectivity index (χ0v) is 18.6. The normalized spacial score (nSPS) is 16.1. The smallest absolute Gasteiger partial charge is 0.276 e. The predicted octanol–water partition coefficient (Wildman–Crippen LogP) is 1.81. The number of nitrogens with zero attached hydrogens (tertiary/aromatic N) is 4. The van der Waals surface area contributed by atoms with Crippen molar-refractivity contribution in [1.29, 1.82) is 0 Å². The summed E-state index contributed by atoms with van der Waals surface area (Å²) in [7, 11) is 0. The number of aromatic amines is 1. The van der Waals surface area contributed by atoms with E-state index in [4.69, 9.17) is 0 Å². The average molecular weight is 437 g/mol. The van der Waals surface area contributed by atoms with Crippen LogP contribution in [0.4, 0.5) is 0 Å². The number of pyridine rings is 1. The number of hydrogen-bond acceptors (Lipinski definition) is 5. The molecule has 1 aliphatic heterocycles. The Morgan fingerprint density at radius 2 is 2.03 bits per heavy atom. The molecule has 0 spiro atoms. The van der Waals surface area contributed by atoms with E-state index in [0.717, 1.165) is 12.1 Å². The van der Waals surface area contributed by atoms with Crippen LogP contribution in [-0.4, -0.2) is 55.4 Å². The van der Waals surface area contributed by atoms with Gasteiger partial charge in [-0.15, -0.1) is 0 Å². The third-order valence-corrected chi connectivity index (χ3v) is 5.83. The van der Waals surface area contributed by atoms with Crippen molar-refractivity contribution in [2.24, 2.45) is 0 Å². The van der Waals surface area contributed by atoms with Crippen molar-refractivity contribution >= 4 is 17.5 Å². The SMILES string of the molecule is Cc1nc2cc(C3CCN(C(=O)c4ccncc4)C3)[nH]n2c(=O)c1CCC(=O)NC(C)C. The molecule has 4 rings (SSSR count). The molecule has 168 valence electrons. The van der Waals surface area contributed by atoms with E-state index < -0.39 is 0 Å². The molecule has 9 heteroatoms. The predicted molar refractivity (Wildman–Crippen MR) is 120 cm³/mol. The van der Waals surface area contributed by atoms with Gasteiger partial charge in [-0.1, -0.05) is 0 Å². The van der Waals surface area contributed by atoms with Crippen LogP contribution >= 0.6 is 0 Å². The summed E-state index contributed by atoms with van der Waals surface area (Å²) >= 11 is 0. The second-order valence-electron chi connectivity index (χ2n) is 8.58. The summed E-state index contributed by atoms with van der Waals surface area (Å²) in [5, 5.41) is 6.03. The number of carbonyl (C=O) groups excluding carboxylic acids is 2. The number of nitrogens with one attached hydrogen (secondary N) is 2. The van der Waals surface area contributed by atoms with Gasteiger partial charge >= 0.3 is 0 Å². The van der Waals surface area contributed by atoms with Gasteiger partial charge in [-0.05, 0) is 45.7 Å². The van der Waals surface area contributed by atoms with Gasteiger partial charge in [-0.2, -0.15) is 0 Å². The van der Waals surface area contributed by atoms with Crippen molar-refractivity contribution in [2.45, 2.75) is 52.0 Å². The van der Waals surface area contributed by atoms with Crippen LogP contribution in [0.2, 0.25) is 0 Å². The van der Waals surface area contributed by atoms with Crippen LogP contribution < -0.4 is 10.9 Å². The molecule has 32 heavy (non-hydrogen) atoms. The quantitative estimate of drug-likeness (QED) is 0.612. The van der Waals surface area contributed by atoms with Crippen molar-refractivity contribution < 1.29 is 9.59 Å².